The highest BCUT2D eigenvalue weighted by molar-refractivity contribution is 7.20. The molecule has 0 saturated carbocycles. The number of benzene rings is 7. The van der Waals surface area contributed by atoms with Crippen molar-refractivity contribution in [2.45, 2.75) is 13.8 Å². The minimum atomic E-state index is -2.80. The Morgan fingerprint density at radius 3 is 1.50 bits per heavy atom. The molecule has 0 amide bonds. The highest BCUT2D eigenvalue weighted by Crippen LogP contribution is 2.32. The van der Waals surface area contributed by atoms with E-state index in [9.17, 15) is 0 Å². The third kappa shape index (κ3) is 4.45. The Kier molecular flexibility index (Phi) is 7.01. The summed E-state index contributed by atoms with van der Waals surface area (Å²) < 4.78 is 2.41. The van der Waals surface area contributed by atoms with E-state index in [1.807, 2.05) is 0 Å². The molecular weight excluding hydrogens is 571 g/mol. The van der Waals surface area contributed by atoms with Crippen LogP contribution in [0.15, 0.2) is 176 Å². The Morgan fingerprint density at radius 2 is 0.891 bits per heavy atom. The lowest BCUT2D eigenvalue weighted by Gasteiger charge is -2.37. The van der Waals surface area contributed by atoms with Crippen LogP contribution in [0, 0.1) is 13.8 Å². The Labute approximate surface area is 272 Å². The van der Waals surface area contributed by atoms with E-state index in [1.165, 1.54) is 70.5 Å². The number of fused-ring (bicyclic) bond motifs is 3. The topological polar surface area (TPSA) is 4.93 Å². The molecule has 0 N–H and O–H groups in total. The van der Waals surface area contributed by atoms with E-state index >= 15 is 0 Å². The number of hydrogen-bond donors (Lipinski definition) is 0. The van der Waals surface area contributed by atoms with Crippen LogP contribution in [-0.2, 0) is 0 Å². The van der Waals surface area contributed by atoms with Crippen LogP contribution in [0.4, 0.5) is 0 Å². The van der Waals surface area contributed by atoms with E-state index in [4.69, 9.17) is 0 Å². The zero-order chi connectivity index (χ0) is 31.1. The van der Waals surface area contributed by atoms with Crippen LogP contribution in [0.3, 0.4) is 0 Å². The van der Waals surface area contributed by atoms with Crippen molar-refractivity contribution in [2.24, 2.45) is 0 Å². The zero-order valence-electron chi connectivity index (χ0n) is 26.2. The molecule has 1 aromatic heterocycles. The Morgan fingerprint density at radius 1 is 0.391 bits per heavy atom. The highest BCUT2D eigenvalue weighted by Gasteiger charge is 2.43. The summed E-state index contributed by atoms with van der Waals surface area (Å²) in [5.74, 6) is 0. The van der Waals surface area contributed by atoms with Crippen molar-refractivity contribution < 1.29 is 0 Å². The quantitative estimate of drug-likeness (QED) is 0.132. The molecule has 1 heterocycles. The van der Waals surface area contributed by atoms with Crippen LogP contribution in [0.25, 0.3) is 38.6 Å². The van der Waals surface area contributed by atoms with Crippen LogP contribution in [0.5, 0.6) is 0 Å². The molecule has 2 heteroatoms. The average molecular weight is 606 g/mol. The van der Waals surface area contributed by atoms with Crippen LogP contribution in [-0.4, -0.2) is 12.6 Å². The van der Waals surface area contributed by atoms with Gasteiger partial charge in [0.2, 0.25) is 0 Å². The predicted octanol–water partition coefficient (Wildman–Crippen LogP) is 8.44. The average Bonchev–Trinajstić information content (AvgIpc) is 3.45. The van der Waals surface area contributed by atoms with Gasteiger partial charge in [0.25, 0.3) is 0 Å². The molecule has 0 unspecified atom stereocenters. The van der Waals surface area contributed by atoms with E-state index in [0.717, 1.165) is 0 Å². The minimum absolute atomic E-state index is 1.18. The fourth-order valence-electron chi connectivity index (χ4n) is 7.72. The molecule has 220 valence electrons. The molecule has 0 aliphatic carbocycles. The number of aryl methyl sites for hydroxylation is 2. The van der Waals surface area contributed by atoms with Crippen molar-refractivity contribution in [2.75, 3.05) is 0 Å². The maximum Gasteiger partial charge on any atom is 0.180 e. The summed E-state index contributed by atoms with van der Waals surface area (Å²) in [4.78, 5) is 0. The van der Waals surface area contributed by atoms with Crippen molar-refractivity contribution in [1.29, 1.82) is 0 Å². The van der Waals surface area contributed by atoms with Crippen LogP contribution >= 0.6 is 0 Å². The number of aromatic nitrogens is 1. The molecule has 0 aliphatic heterocycles. The lowest BCUT2D eigenvalue weighted by molar-refractivity contribution is 1.18. The summed E-state index contributed by atoms with van der Waals surface area (Å²) in [6.07, 6.45) is 0. The van der Waals surface area contributed by atoms with Gasteiger partial charge in [0.15, 0.2) is 8.07 Å². The summed E-state index contributed by atoms with van der Waals surface area (Å²) in [6.45, 7) is 4.64. The molecule has 0 atom stereocenters. The molecule has 8 aromatic rings. The Hall–Kier alpha value is -5.44. The van der Waals surface area contributed by atoms with E-state index < -0.39 is 8.07 Å². The van der Waals surface area contributed by atoms with Gasteiger partial charge in [-0.25, -0.2) is 0 Å². The first-order valence-electron chi connectivity index (χ1n) is 16.0. The summed E-state index contributed by atoms with van der Waals surface area (Å²) in [5, 5.41) is 8.22. The summed E-state index contributed by atoms with van der Waals surface area (Å²) in [6, 6.07) is 65.1. The largest absolute Gasteiger partial charge is 0.309 e. The van der Waals surface area contributed by atoms with Gasteiger partial charge in [-0.2, -0.15) is 0 Å². The molecule has 7 aromatic carbocycles. The number of hydrogen-bond acceptors (Lipinski definition) is 0. The van der Waals surface area contributed by atoms with Gasteiger partial charge in [-0.15, -0.1) is 0 Å². The third-order valence-corrected chi connectivity index (χ3v) is 14.7. The summed E-state index contributed by atoms with van der Waals surface area (Å²) in [5.41, 5.74) is 8.83. The second-order valence-corrected chi connectivity index (χ2v) is 16.0. The molecule has 46 heavy (non-hydrogen) atoms. The van der Waals surface area contributed by atoms with Gasteiger partial charge in [-0.3, -0.25) is 0 Å². The van der Waals surface area contributed by atoms with Crippen LogP contribution in [0.1, 0.15) is 11.1 Å². The van der Waals surface area contributed by atoms with Crippen molar-refractivity contribution in [3.63, 3.8) is 0 Å². The first-order valence-corrected chi connectivity index (χ1v) is 18.0. The molecular formula is C44H35NSi. The predicted molar refractivity (Wildman–Crippen MR) is 199 cm³/mol. The highest BCUT2D eigenvalue weighted by atomic mass is 28.3. The van der Waals surface area contributed by atoms with Gasteiger partial charge in [-0.05, 0) is 81.1 Å². The van der Waals surface area contributed by atoms with E-state index in [0.29, 0.717) is 0 Å². The fourth-order valence-corrected chi connectivity index (χ4v) is 13.0. The Bertz CT molecular complexity index is 2240. The lowest BCUT2D eigenvalue weighted by atomic mass is 10.0. The lowest BCUT2D eigenvalue weighted by Crippen LogP contribution is -2.75. The minimum Gasteiger partial charge on any atom is -0.309 e. The normalized spacial score (nSPS) is 11.7. The van der Waals surface area contributed by atoms with E-state index in [-0.39, 0.29) is 0 Å². The second-order valence-electron chi connectivity index (χ2n) is 12.3. The van der Waals surface area contributed by atoms with Crippen molar-refractivity contribution in [3.8, 4) is 16.8 Å². The number of nitrogens with zero attached hydrogens (tertiary/aromatic N) is 1. The number of rotatable bonds is 6. The smallest absolute Gasteiger partial charge is 0.180 e. The van der Waals surface area contributed by atoms with E-state index in [1.54, 1.807) is 0 Å². The van der Waals surface area contributed by atoms with Crippen molar-refractivity contribution in [3.05, 3.63) is 187 Å². The van der Waals surface area contributed by atoms with Crippen LogP contribution in [0.2, 0.25) is 0 Å². The first-order chi connectivity index (χ1) is 22.7. The van der Waals surface area contributed by atoms with Gasteiger partial charge >= 0.3 is 0 Å². The number of para-hydroxylation sites is 2. The monoisotopic (exact) mass is 605 g/mol. The van der Waals surface area contributed by atoms with Gasteiger partial charge in [0.05, 0.1) is 11.0 Å². The molecule has 0 saturated heterocycles. The zero-order valence-corrected chi connectivity index (χ0v) is 27.2. The maximum atomic E-state index is 2.52. The molecule has 0 spiro atoms. The van der Waals surface area contributed by atoms with Gasteiger partial charge in [0.1, 0.15) is 0 Å². The Balaban J connectivity index is 1.49. The standard InChI is InChI=1S/C44H35NSi/c1-32-29-35(34-17-7-3-8-18-34)30-33(2)44(32)46(37-21-11-5-12-22-37,38-23-13-6-14-24-38)39-27-28-43-41(31-39)40-25-15-16-26-42(40)45(43)36-19-9-4-10-20-36/h3-31H,1-2H3. The van der Waals surface area contributed by atoms with Crippen LogP contribution < -0.4 is 20.7 Å². The molecule has 0 fully saturated rings. The first kappa shape index (κ1) is 28.1. The molecule has 8 rings (SSSR count). The third-order valence-electron chi connectivity index (χ3n) is 9.55. The fraction of sp³-hybridized carbons (Fsp3) is 0.0455. The van der Waals surface area contributed by atoms with Gasteiger partial charge in [0, 0.05) is 16.5 Å². The van der Waals surface area contributed by atoms with Crippen molar-refractivity contribution in [1.82, 2.24) is 4.57 Å². The molecule has 0 aliphatic rings. The van der Waals surface area contributed by atoms with Gasteiger partial charge < -0.3 is 4.57 Å². The molecule has 0 bridgehead atoms. The SMILES string of the molecule is Cc1cc(-c2ccccc2)cc(C)c1[Si](c1ccccc1)(c1ccccc1)c1ccc2c(c1)c1ccccc1n2-c1ccccc1. The van der Waals surface area contributed by atoms with E-state index in [2.05, 4.69) is 194 Å². The maximum absolute atomic E-state index is 2.80. The second kappa shape index (κ2) is 11.5. The summed E-state index contributed by atoms with van der Waals surface area (Å²) in [7, 11) is -2.80. The van der Waals surface area contributed by atoms with Crippen molar-refractivity contribution >= 4 is 50.6 Å². The molecule has 1 nitrogen and oxygen atoms in total. The molecule has 0 radical (unpaired) electrons. The summed E-state index contributed by atoms with van der Waals surface area (Å²) >= 11 is 0. The van der Waals surface area contributed by atoms with Gasteiger partial charge in [-0.1, -0.05) is 152 Å².